The molecule has 0 aliphatic heterocycles. The first-order valence-electron chi connectivity index (χ1n) is 3.84. The summed E-state index contributed by atoms with van der Waals surface area (Å²) in [5, 5.41) is 9.84. The van der Waals surface area contributed by atoms with Crippen molar-refractivity contribution in [3.63, 3.8) is 0 Å². The van der Waals surface area contributed by atoms with Gasteiger partial charge in [-0.25, -0.2) is 0 Å². The van der Waals surface area contributed by atoms with Crippen molar-refractivity contribution < 1.29 is 9.52 Å². The Morgan fingerprint density at radius 3 is 2.71 bits per heavy atom. The molecule has 0 bridgehead atoms. The number of halogens is 2. The molecule has 2 aromatic rings. The zero-order valence-corrected chi connectivity index (χ0v) is 9.23. The molecule has 0 aliphatic rings. The highest BCUT2D eigenvalue weighted by molar-refractivity contribution is 7.20. The molecule has 5 heteroatoms. The van der Waals surface area contributed by atoms with Gasteiger partial charge in [0.2, 0.25) is 0 Å². The molecular formula is C9H6Cl2O2S. The average Bonchev–Trinajstić information content (AvgIpc) is 2.73. The minimum absolute atomic E-state index is 0.460. The van der Waals surface area contributed by atoms with E-state index in [9.17, 15) is 5.11 Å². The molecular weight excluding hydrogens is 243 g/mol. The van der Waals surface area contributed by atoms with Gasteiger partial charge in [-0.05, 0) is 18.2 Å². The quantitative estimate of drug-likeness (QED) is 0.879. The first-order chi connectivity index (χ1) is 6.68. The van der Waals surface area contributed by atoms with Crippen molar-refractivity contribution in [2.24, 2.45) is 0 Å². The Kier molecular flexibility index (Phi) is 2.83. The second-order valence-electron chi connectivity index (χ2n) is 2.70. The van der Waals surface area contributed by atoms with Gasteiger partial charge in [-0.1, -0.05) is 23.2 Å². The summed E-state index contributed by atoms with van der Waals surface area (Å²) in [7, 11) is 0. The van der Waals surface area contributed by atoms with Crippen LogP contribution < -0.4 is 0 Å². The number of hydrogen-bond acceptors (Lipinski definition) is 3. The molecule has 0 spiro atoms. The molecule has 0 amide bonds. The fraction of sp³-hybridized carbons (Fsp3) is 0.111. The highest BCUT2D eigenvalue weighted by Gasteiger charge is 2.18. The van der Waals surface area contributed by atoms with Gasteiger partial charge in [0, 0.05) is 5.56 Å². The van der Waals surface area contributed by atoms with Gasteiger partial charge in [0.25, 0.3) is 0 Å². The molecule has 74 valence electrons. The van der Waals surface area contributed by atoms with Crippen LogP contribution in [-0.2, 0) is 0 Å². The SMILES string of the molecule is OC(c1ccco1)c1cc(Cl)sc1Cl. The predicted molar refractivity (Wildman–Crippen MR) is 57.1 cm³/mol. The van der Waals surface area contributed by atoms with Crippen LogP contribution in [0.2, 0.25) is 8.67 Å². The van der Waals surface area contributed by atoms with Crippen molar-refractivity contribution in [3.8, 4) is 0 Å². The van der Waals surface area contributed by atoms with Crippen LogP contribution in [0.1, 0.15) is 17.4 Å². The Morgan fingerprint density at radius 2 is 2.21 bits per heavy atom. The van der Waals surface area contributed by atoms with E-state index >= 15 is 0 Å². The maximum atomic E-state index is 9.84. The third kappa shape index (κ3) is 1.81. The van der Waals surface area contributed by atoms with E-state index < -0.39 is 6.10 Å². The molecule has 0 aliphatic carbocycles. The molecule has 2 rings (SSSR count). The zero-order chi connectivity index (χ0) is 10.1. The summed E-state index contributed by atoms with van der Waals surface area (Å²) in [5.41, 5.74) is 0.580. The van der Waals surface area contributed by atoms with Crippen LogP contribution in [0.25, 0.3) is 0 Å². The Morgan fingerprint density at radius 1 is 1.43 bits per heavy atom. The van der Waals surface area contributed by atoms with Crippen LogP contribution in [0.15, 0.2) is 28.9 Å². The fourth-order valence-corrected chi connectivity index (χ4v) is 2.66. The molecule has 0 fully saturated rings. The molecule has 1 atom stereocenters. The van der Waals surface area contributed by atoms with Crippen LogP contribution in [0.4, 0.5) is 0 Å². The summed E-state index contributed by atoms with van der Waals surface area (Å²) < 4.78 is 6.10. The fourth-order valence-electron chi connectivity index (χ4n) is 1.14. The minimum Gasteiger partial charge on any atom is -0.466 e. The molecule has 0 aromatic carbocycles. The van der Waals surface area contributed by atoms with E-state index in [4.69, 9.17) is 27.6 Å². The number of hydrogen-bond donors (Lipinski definition) is 1. The number of aliphatic hydroxyl groups is 1. The standard InChI is InChI=1S/C9H6Cl2O2S/c10-7-4-5(9(11)14-7)8(12)6-2-1-3-13-6/h1-4,8,12H. The molecule has 2 aromatic heterocycles. The van der Waals surface area contributed by atoms with E-state index in [1.807, 2.05) is 0 Å². The lowest BCUT2D eigenvalue weighted by molar-refractivity contribution is 0.190. The van der Waals surface area contributed by atoms with Crippen molar-refractivity contribution in [1.82, 2.24) is 0 Å². The summed E-state index contributed by atoms with van der Waals surface area (Å²) in [6, 6.07) is 5.04. The molecule has 1 N–H and O–H groups in total. The Hall–Kier alpha value is -0.480. The zero-order valence-electron chi connectivity index (χ0n) is 6.91. The lowest BCUT2D eigenvalue weighted by Gasteiger charge is -2.05. The molecule has 14 heavy (non-hydrogen) atoms. The van der Waals surface area contributed by atoms with E-state index in [0.717, 1.165) is 0 Å². The lowest BCUT2D eigenvalue weighted by atomic mass is 10.1. The van der Waals surface area contributed by atoms with Crippen molar-refractivity contribution in [2.45, 2.75) is 6.10 Å². The van der Waals surface area contributed by atoms with Crippen LogP contribution >= 0.6 is 34.5 Å². The van der Waals surface area contributed by atoms with Gasteiger partial charge in [-0.15, -0.1) is 11.3 Å². The van der Waals surface area contributed by atoms with Crippen molar-refractivity contribution in [3.05, 3.63) is 44.5 Å². The maximum Gasteiger partial charge on any atom is 0.139 e. The number of aliphatic hydroxyl groups excluding tert-OH is 1. The second kappa shape index (κ2) is 3.95. The van der Waals surface area contributed by atoms with Crippen molar-refractivity contribution >= 4 is 34.5 Å². The Labute approximate surface area is 94.7 Å². The second-order valence-corrected chi connectivity index (χ2v) is 4.98. The molecule has 0 saturated heterocycles. The Bertz CT molecular complexity index is 422. The van der Waals surface area contributed by atoms with E-state index in [1.165, 1.54) is 17.6 Å². The molecule has 2 heterocycles. The average molecular weight is 249 g/mol. The summed E-state index contributed by atoms with van der Waals surface area (Å²) in [6.07, 6.45) is 0.654. The number of rotatable bonds is 2. The molecule has 1 unspecified atom stereocenters. The normalized spacial score (nSPS) is 13.1. The molecule has 2 nitrogen and oxygen atoms in total. The summed E-state index contributed by atoms with van der Waals surface area (Å²) in [5.74, 6) is 0.460. The topological polar surface area (TPSA) is 33.4 Å². The van der Waals surface area contributed by atoms with Crippen molar-refractivity contribution in [1.29, 1.82) is 0 Å². The van der Waals surface area contributed by atoms with Crippen LogP contribution in [0, 0.1) is 0 Å². The Balaban J connectivity index is 2.36. The van der Waals surface area contributed by atoms with Gasteiger partial charge in [0.05, 0.1) is 10.6 Å². The van der Waals surface area contributed by atoms with Crippen molar-refractivity contribution in [2.75, 3.05) is 0 Å². The van der Waals surface area contributed by atoms with Gasteiger partial charge in [0.1, 0.15) is 16.2 Å². The monoisotopic (exact) mass is 248 g/mol. The smallest absolute Gasteiger partial charge is 0.139 e. The molecule has 0 saturated carbocycles. The van der Waals surface area contributed by atoms with Gasteiger partial charge in [-0.2, -0.15) is 0 Å². The first kappa shape index (κ1) is 10.1. The van der Waals surface area contributed by atoms with Gasteiger partial charge < -0.3 is 9.52 Å². The number of furan rings is 1. The summed E-state index contributed by atoms with van der Waals surface area (Å²) in [6.45, 7) is 0. The van der Waals surface area contributed by atoms with E-state index in [0.29, 0.717) is 20.0 Å². The van der Waals surface area contributed by atoms with Crippen LogP contribution in [0.5, 0.6) is 0 Å². The highest BCUT2D eigenvalue weighted by atomic mass is 35.5. The lowest BCUT2D eigenvalue weighted by Crippen LogP contribution is -1.96. The third-order valence-electron chi connectivity index (χ3n) is 1.79. The third-order valence-corrected chi connectivity index (χ3v) is 3.31. The summed E-state index contributed by atoms with van der Waals surface area (Å²) in [4.78, 5) is 0. The number of thiophene rings is 1. The largest absolute Gasteiger partial charge is 0.466 e. The van der Waals surface area contributed by atoms with Crippen LogP contribution in [-0.4, -0.2) is 5.11 Å². The van der Waals surface area contributed by atoms with Crippen LogP contribution in [0.3, 0.4) is 0 Å². The predicted octanol–water partition coefficient (Wildman–Crippen LogP) is 3.73. The van der Waals surface area contributed by atoms with E-state index in [1.54, 1.807) is 18.2 Å². The summed E-state index contributed by atoms with van der Waals surface area (Å²) >= 11 is 12.9. The highest BCUT2D eigenvalue weighted by Crippen LogP contribution is 2.37. The van der Waals surface area contributed by atoms with Gasteiger partial charge >= 0.3 is 0 Å². The minimum atomic E-state index is -0.846. The van der Waals surface area contributed by atoms with Gasteiger partial charge in [-0.3, -0.25) is 0 Å². The first-order valence-corrected chi connectivity index (χ1v) is 5.42. The van der Waals surface area contributed by atoms with E-state index in [-0.39, 0.29) is 0 Å². The van der Waals surface area contributed by atoms with Gasteiger partial charge in [0.15, 0.2) is 0 Å². The maximum absolute atomic E-state index is 9.84. The van der Waals surface area contributed by atoms with E-state index in [2.05, 4.69) is 0 Å². The molecule has 0 radical (unpaired) electrons.